The molecule has 2 aromatic rings. The van der Waals surface area contributed by atoms with Crippen LogP contribution in [0.15, 0.2) is 36.7 Å². The van der Waals surface area contributed by atoms with E-state index in [4.69, 9.17) is 4.74 Å². The fraction of sp³-hybridized carbons (Fsp3) is 0.250. The lowest BCUT2D eigenvalue weighted by molar-refractivity contribution is -0.116. The Kier molecular flexibility index (Phi) is 3.37. The predicted octanol–water partition coefficient (Wildman–Crippen LogP) is 3.03. The molecule has 0 bridgehead atoms. The van der Waals surface area contributed by atoms with E-state index in [-0.39, 0.29) is 5.91 Å². The van der Waals surface area contributed by atoms with Crippen LogP contribution >= 0.6 is 0 Å². The molecule has 102 valence electrons. The van der Waals surface area contributed by atoms with Crippen molar-refractivity contribution in [2.24, 2.45) is 0 Å². The van der Waals surface area contributed by atoms with Crippen LogP contribution in [0.25, 0.3) is 11.1 Å². The summed E-state index contributed by atoms with van der Waals surface area (Å²) in [5.41, 5.74) is 4.21. The SMILES string of the molecule is COc1cncc(-c2ccc3c(c2)CCCC(=O)N3)c1. The third-order valence-corrected chi connectivity index (χ3v) is 3.51. The van der Waals surface area contributed by atoms with E-state index in [1.165, 1.54) is 5.56 Å². The molecule has 0 fully saturated rings. The summed E-state index contributed by atoms with van der Waals surface area (Å²) < 4.78 is 5.20. The van der Waals surface area contributed by atoms with Crippen LogP contribution in [0.1, 0.15) is 18.4 Å². The summed E-state index contributed by atoms with van der Waals surface area (Å²) >= 11 is 0. The summed E-state index contributed by atoms with van der Waals surface area (Å²) in [4.78, 5) is 15.7. The molecule has 1 aliphatic heterocycles. The number of carbonyl (C=O) groups is 1. The van der Waals surface area contributed by atoms with E-state index >= 15 is 0 Å². The maximum absolute atomic E-state index is 11.5. The van der Waals surface area contributed by atoms with Crippen LogP contribution in [0.5, 0.6) is 5.75 Å². The van der Waals surface area contributed by atoms with Crippen molar-refractivity contribution < 1.29 is 9.53 Å². The Morgan fingerprint density at radius 2 is 2.05 bits per heavy atom. The van der Waals surface area contributed by atoms with E-state index in [2.05, 4.69) is 16.4 Å². The van der Waals surface area contributed by atoms with E-state index in [9.17, 15) is 4.79 Å². The largest absolute Gasteiger partial charge is 0.495 e. The molecule has 1 aromatic carbocycles. The Hall–Kier alpha value is -2.36. The number of hydrogen-bond donors (Lipinski definition) is 1. The summed E-state index contributed by atoms with van der Waals surface area (Å²) in [6.45, 7) is 0. The number of nitrogens with zero attached hydrogens (tertiary/aromatic N) is 1. The highest BCUT2D eigenvalue weighted by molar-refractivity contribution is 5.92. The molecule has 1 aromatic heterocycles. The number of nitrogens with one attached hydrogen (secondary N) is 1. The van der Waals surface area contributed by atoms with E-state index < -0.39 is 0 Å². The van der Waals surface area contributed by atoms with Gasteiger partial charge in [0, 0.05) is 23.9 Å². The number of hydrogen-bond acceptors (Lipinski definition) is 3. The van der Waals surface area contributed by atoms with Crippen LogP contribution < -0.4 is 10.1 Å². The second-order valence-corrected chi connectivity index (χ2v) is 4.89. The van der Waals surface area contributed by atoms with Crippen molar-refractivity contribution in [1.82, 2.24) is 4.98 Å². The molecule has 2 heterocycles. The average molecular weight is 268 g/mol. The molecule has 0 atom stereocenters. The predicted molar refractivity (Wildman–Crippen MR) is 77.8 cm³/mol. The molecular weight excluding hydrogens is 252 g/mol. The first-order valence-electron chi connectivity index (χ1n) is 6.68. The van der Waals surface area contributed by atoms with E-state index in [0.29, 0.717) is 6.42 Å². The van der Waals surface area contributed by atoms with Gasteiger partial charge < -0.3 is 10.1 Å². The van der Waals surface area contributed by atoms with Gasteiger partial charge in [-0.3, -0.25) is 9.78 Å². The van der Waals surface area contributed by atoms with Gasteiger partial charge in [-0.15, -0.1) is 0 Å². The van der Waals surface area contributed by atoms with Crippen LogP contribution in [0.2, 0.25) is 0 Å². The first kappa shape index (κ1) is 12.7. The van der Waals surface area contributed by atoms with Gasteiger partial charge in [0.1, 0.15) is 5.75 Å². The van der Waals surface area contributed by atoms with E-state index in [0.717, 1.165) is 35.4 Å². The van der Waals surface area contributed by atoms with Crippen molar-refractivity contribution in [2.45, 2.75) is 19.3 Å². The van der Waals surface area contributed by atoms with Crippen LogP contribution in [0.4, 0.5) is 5.69 Å². The Balaban J connectivity index is 1.99. The van der Waals surface area contributed by atoms with Gasteiger partial charge in [-0.05, 0) is 42.2 Å². The van der Waals surface area contributed by atoms with Gasteiger partial charge in [-0.1, -0.05) is 6.07 Å². The van der Waals surface area contributed by atoms with Gasteiger partial charge in [0.15, 0.2) is 0 Å². The number of ether oxygens (including phenoxy) is 1. The van der Waals surface area contributed by atoms with Crippen molar-refractivity contribution in [2.75, 3.05) is 12.4 Å². The van der Waals surface area contributed by atoms with Gasteiger partial charge >= 0.3 is 0 Å². The number of rotatable bonds is 2. The van der Waals surface area contributed by atoms with Crippen LogP contribution in [-0.4, -0.2) is 18.0 Å². The standard InChI is InChI=1S/C16H16N2O2/c1-20-14-8-13(9-17-10-14)11-5-6-15-12(7-11)3-2-4-16(19)18-15/h5-10H,2-4H2,1H3,(H,18,19). The molecular formula is C16H16N2O2. The normalized spacial score (nSPS) is 14.2. The van der Waals surface area contributed by atoms with Gasteiger partial charge in [-0.25, -0.2) is 0 Å². The van der Waals surface area contributed by atoms with Crippen LogP contribution in [-0.2, 0) is 11.2 Å². The van der Waals surface area contributed by atoms with Gasteiger partial charge in [0.2, 0.25) is 5.91 Å². The fourth-order valence-electron chi connectivity index (χ4n) is 2.44. The van der Waals surface area contributed by atoms with Crippen LogP contribution in [0.3, 0.4) is 0 Å². The summed E-state index contributed by atoms with van der Waals surface area (Å²) in [6.07, 6.45) is 5.90. The molecule has 0 unspecified atom stereocenters. The molecule has 1 aliphatic rings. The maximum Gasteiger partial charge on any atom is 0.224 e. The highest BCUT2D eigenvalue weighted by atomic mass is 16.5. The lowest BCUT2D eigenvalue weighted by atomic mass is 10.0. The molecule has 0 saturated heterocycles. The summed E-state index contributed by atoms with van der Waals surface area (Å²) in [6, 6.07) is 8.05. The molecule has 1 amide bonds. The number of pyridine rings is 1. The number of fused-ring (bicyclic) bond motifs is 1. The first-order valence-corrected chi connectivity index (χ1v) is 6.68. The molecule has 0 radical (unpaired) electrons. The second kappa shape index (κ2) is 5.33. The number of anilines is 1. The van der Waals surface area contributed by atoms with Gasteiger partial charge in [0.25, 0.3) is 0 Å². The van der Waals surface area contributed by atoms with Gasteiger partial charge in [-0.2, -0.15) is 0 Å². The second-order valence-electron chi connectivity index (χ2n) is 4.89. The lowest BCUT2D eigenvalue weighted by Crippen LogP contribution is -2.09. The molecule has 1 N–H and O–H groups in total. The third-order valence-electron chi connectivity index (χ3n) is 3.51. The molecule has 0 saturated carbocycles. The van der Waals surface area contributed by atoms with E-state index in [1.54, 1.807) is 13.3 Å². The fourth-order valence-corrected chi connectivity index (χ4v) is 2.44. The number of aromatic nitrogens is 1. The zero-order valence-electron chi connectivity index (χ0n) is 11.3. The highest BCUT2D eigenvalue weighted by Gasteiger charge is 2.13. The van der Waals surface area contributed by atoms with Crippen molar-refractivity contribution in [1.29, 1.82) is 0 Å². The molecule has 0 spiro atoms. The third kappa shape index (κ3) is 2.50. The first-order chi connectivity index (χ1) is 9.76. The molecule has 4 heteroatoms. The summed E-state index contributed by atoms with van der Waals surface area (Å²) in [7, 11) is 1.63. The quantitative estimate of drug-likeness (QED) is 0.910. The molecule has 20 heavy (non-hydrogen) atoms. The maximum atomic E-state index is 11.5. The number of amides is 1. The molecule has 4 nitrogen and oxygen atoms in total. The van der Waals surface area contributed by atoms with Crippen molar-refractivity contribution in [3.63, 3.8) is 0 Å². The van der Waals surface area contributed by atoms with Crippen molar-refractivity contribution >= 4 is 11.6 Å². The minimum Gasteiger partial charge on any atom is -0.495 e. The molecule has 0 aliphatic carbocycles. The number of methoxy groups -OCH3 is 1. The monoisotopic (exact) mass is 268 g/mol. The van der Waals surface area contributed by atoms with Crippen molar-refractivity contribution in [3.8, 4) is 16.9 Å². The minimum atomic E-state index is 0.0968. The lowest BCUT2D eigenvalue weighted by Gasteiger charge is -2.10. The number of carbonyl (C=O) groups excluding carboxylic acids is 1. The Bertz CT molecular complexity index is 653. The highest BCUT2D eigenvalue weighted by Crippen LogP contribution is 2.29. The topological polar surface area (TPSA) is 51.2 Å². The summed E-state index contributed by atoms with van der Waals surface area (Å²) in [5.74, 6) is 0.838. The minimum absolute atomic E-state index is 0.0968. The zero-order chi connectivity index (χ0) is 13.9. The van der Waals surface area contributed by atoms with Gasteiger partial charge in [0.05, 0.1) is 13.3 Å². The number of aryl methyl sites for hydroxylation is 1. The molecule has 3 rings (SSSR count). The smallest absolute Gasteiger partial charge is 0.224 e. The van der Waals surface area contributed by atoms with Crippen molar-refractivity contribution in [3.05, 3.63) is 42.2 Å². The zero-order valence-corrected chi connectivity index (χ0v) is 11.3. The Labute approximate surface area is 117 Å². The Morgan fingerprint density at radius 1 is 1.15 bits per heavy atom. The van der Waals surface area contributed by atoms with E-state index in [1.807, 2.05) is 24.4 Å². The van der Waals surface area contributed by atoms with Crippen LogP contribution in [0, 0.1) is 0 Å². The summed E-state index contributed by atoms with van der Waals surface area (Å²) in [5, 5.41) is 2.94. The number of benzene rings is 1. The Morgan fingerprint density at radius 3 is 2.90 bits per heavy atom. The average Bonchev–Trinajstić information content (AvgIpc) is 2.67.